The summed E-state index contributed by atoms with van der Waals surface area (Å²) in [6, 6.07) is 12.6. The molecule has 3 rings (SSSR count). The third-order valence-electron chi connectivity index (χ3n) is 3.94. The number of hydrogen-bond donors (Lipinski definition) is 1. The summed E-state index contributed by atoms with van der Waals surface area (Å²) < 4.78 is 11.0. The number of non-ortho nitro benzene ring substituents is 1. The van der Waals surface area contributed by atoms with E-state index in [-0.39, 0.29) is 29.6 Å². The van der Waals surface area contributed by atoms with Crippen LogP contribution in [0.15, 0.2) is 52.9 Å². The van der Waals surface area contributed by atoms with E-state index in [2.05, 4.69) is 5.32 Å². The quantitative estimate of drug-likeness (QED) is 0.388. The number of amides is 1. The van der Waals surface area contributed by atoms with Gasteiger partial charge in [0.05, 0.1) is 16.5 Å². The van der Waals surface area contributed by atoms with Crippen molar-refractivity contribution in [2.75, 3.05) is 6.61 Å². The molecule has 0 radical (unpaired) electrons. The zero-order chi connectivity index (χ0) is 19.4. The van der Waals surface area contributed by atoms with Gasteiger partial charge in [-0.15, -0.1) is 0 Å². The van der Waals surface area contributed by atoms with Gasteiger partial charge < -0.3 is 14.5 Å². The number of nitrogens with zero attached hydrogens (tertiary/aromatic N) is 1. The number of fused-ring (bicyclic) bond motifs is 1. The van der Waals surface area contributed by atoms with Gasteiger partial charge in [0.15, 0.2) is 12.9 Å². The zero-order valence-corrected chi connectivity index (χ0v) is 14.4. The molecule has 138 valence electrons. The highest BCUT2D eigenvalue weighted by Gasteiger charge is 2.16. The Kier molecular flexibility index (Phi) is 5.16. The highest BCUT2D eigenvalue weighted by atomic mass is 16.6. The number of para-hydroxylation sites is 1. The number of benzene rings is 2. The van der Waals surface area contributed by atoms with Crippen LogP contribution in [0, 0.1) is 10.1 Å². The zero-order valence-electron chi connectivity index (χ0n) is 14.4. The van der Waals surface area contributed by atoms with Crippen LogP contribution in [0.1, 0.15) is 29.1 Å². The molecule has 0 saturated heterocycles. The second-order valence-electron chi connectivity index (χ2n) is 5.86. The summed E-state index contributed by atoms with van der Waals surface area (Å²) in [6.45, 7) is 1.43. The van der Waals surface area contributed by atoms with E-state index in [9.17, 15) is 19.7 Å². The van der Waals surface area contributed by atoms with Crippen molar-refractivity contribution in [3.05, 3.63) is 70.0 Å². The van der Waals surface area contributed by atoms with Crippen molar-refractivity contribution in [3.63, 3.8) is 0 Å². The molecule has 1 N–H and O–H groups in total. The molecule has 0 aliphatic rings. The Hall–Kier alpha value is -3.68. The fraction of sp³-hybridized carbons (Fsp3) is 0.158. The van der Waals surface area contributed by atoms with Gasteiger partial charge in [0.25, 0.3) is 11.6 Å². The van der Waals surface area contributed by atoms with E-state index in [4.69, 9.17) is 9.15 Å². The van der Waals surface area contributed by atoms with E-state index in [0.29, 0.717) is 12.0 Å². The van der Waals surface area contributed by atoms with Crippen molar-refractivity contribution in [3.8, 4) is 5.75 Å². The largest absolute Gasteiger partial charge is 0.483 e. The average Bonchev–Trinajstić information content (AvgIpc) is 3.10. The van der Waals surface area contributed by atoms with Crippen LogP contribution in [-0.2, 0) is 4.79 Å². The number of aldehydes is 1. The molecule has 8 heteroatoms. The normalized spacial score (nSPS) is 11.7. The smallest absolute Gasteiger partial charge is 0.270 e. The highest BCUT2D eigenvalue weighted by Crippen LogP contribution is 2.24. The van der Waals surface area contributed by atoms with Crippen molar-refractivity contribution in [2.45, 2.75) is 13.0 Å². The molecule has 1 atom stereocenters. The first kappa shape index (κ1) is 18.1. The minimum absolute atomic E-state index is 0.00216. The standard InChI is InChI=1S/C19H16N2O6/c1-12(18-9-13-4-2-3-5-17(13)27-18)20-19(23)11-26-16-7-6-15(21(24)25)8-14(16)10-22/h2-10,12H,11H2,1H3,(H,20,23)/t12-/m0/s1. The molecule has 1 aromatic heterocycles. The van der Waals surface area contributed by atoms with E-state index < -0.39 is 10.8 Å². The Morgan fingerprint density at radius 2 is 2.07 bits per heavy atom. The Balaban J connectivity index is 1.62. The summed E-state index contributed by atoms with van der Waals surface area (Å²) >= 11 is 0. The van der Waals surface area contributed by atoms with E-state index >= 15 is 0 Å². The first-order valence-corrected chi connectivity index (χ1v) is 8.12. The molecule has 1 amide bonds. The fourth-order valence-electron chi connectivity index (χ4n) is 2.59. The molecule has 1 heterocycles. The molecular weight excluding hydrogens is 352 g/mol. The lowest BCUT2D eigenvalue weighted by molar-refractivity contribution is -0.384. The topological polar surface area (TPSA) is 112 Å². The predicted molar refractivity (Wildman–Crippen MR) is 96.8 cm³/mol. The molecular formula is C19H16N2O6. The van der Waals surface area contributed by atoms with Gasteiger partial charge in [0.2, 0.25) is 0 Å². The van der Waals surface area contributed by atoms with Crippen LogP contribution in [0.5, 0.6) is 5.75 Å². The van der Waals surface area contributed by atoms with Gasteiger partial charge >= 0.3 is 0 Å². The summed E-state index contributed by atoms with van der Waals surface area (Å²) in [6.07, 6.45) is 0.442. The fourth-order valence-corrected chi connectivity index (χ4v) is 2.59. The SMILES string of the molecule is C[C@H](NC(=O)COc1ccc([N+](=O)[O-])cc1C=O)c1cc2ccccc2o1. The molecule has 27 heavy (non-hydrogen) atoms. The summed E-state index contributed by atoms with van der Waals surface area (Å²) in [7, 11) is 0. The number of furan rings is 1. The van der Waals surface area contributed by atoms with Gasteiger partial charge in [-0.2, -0.15) is 0 Å². The lowest BCUT2D eigenvalue weighted by Gasteiger charge is -2.12. The van der Waals surface area contributed by atoms with Crippen LogP contribution in [0.2, 0.25) is 0 Å². The summed E-state index contributed by atoms with van der Waals surface area (Å²) in [5.41, 5.74) is 0.501. The summed E-state index contributed by atoms with van der Waals surface area (Å²) in [5.74, 6) is 0.286. The lowest BCUT2D eigenvalue weighted by atomic mass is 10.2. The maximum atomic E-state index is 12.1. The van der Waals surface area contributed by atoms with Crippen LogP contribution < -0.4 is 10.1 Å². The second-order valence-corrected chi connectivity index (χ2v) is 5.86. The van der Waals surface area contributed by atoms with E-state index in [1.165, 1.54) is 12.1 Å². The average molecular weight is 368 g/mol. The van der Waals surface area contributed by atoms with Gasteiger partial charge in [0.1, 0.15) is 17.1 Å². The third-order valence-corrected chi connectivity index (χ3v) is 3.94. The molecule has 0 fully saturated rings. The lowest BCUT2D eigenvalue weighted by Crippen LogP contribution is -2.31. The van der Waals surface area contributed by atoms with Gasteiger partial charge in [-0.25, -0.2) is 0 Å². The van der Waals surface area contributed by atoms with E-state index in [1.54, 1.807) is 6.92 Å². The molecule has 0 aliphatic carbocycles. The Morgan fingerprint density at radius 3 is 2.78 bits per heavy atom. The van der Waals surface area contributed by atoms with Crippen LogP contribution in [0.25, 0.3) is 11.0 Å². The number of nitro benzene ring substituents is 1. The van der Waals surface area contributed by atoms with Gasteiger partial charge in [0, 0.05) is 17.5 Å². The maximum Gasteiger partial charge on any atom is 0.270 e. The number of ether oxygens (including phenoxy) is 1. The predicted octanol–water partition coefficient (Wildman–Crippen LogP) is 3.41. The van der Waals surface area contributed by atoms with Crippen molar-refractivity contribution < 1.29 is 23.7 Å². The highest BCUT2D eigenvalue weighted by molar-refractivity contribution is 5.82. The van der Waals surface area contributed by atoms with Crippen LogP contribution in [0.4, 0.5) is 5.69 Å². The van der Waals surface area contributed by atoms with Gasteiger partial charge in [-0.05, 0) is 25.1 Å². The Labute approximate surface area is 153 Å². The van der Waals surface area contributed by atoms with Crippen molar-refractivity contribution in [2.24, 2.45) is 0 Å². The number of nitrogens with one attached hydrogen (secondary N) is 1. The summed E-state index contributed by atoms with van der Waals surface area (Å²) in [5, 5.41) is 14.4. The first-order chi connectivity index (χ1) is 13.0. The second kappa shape index (κ2) is 7.69. The van der Waals surface area contributed by atoms with Crippen molar-refractivity contribution in [1.29, 1.82) is 0 Å². The molecule has 0 bridgehead atoms. The van der Waals surface area contributed by atoms with E-state index in [1.807, 2.05) is 30.3 Å². The Morgan fingerprint density at radius 1 is 1.30 bits per heavy atom. The monoisotopic (exact) mass is 368 g/mol. The number of carbonyl (C=O) groups is 2. The number of nitro groups is 1. The van der Waals surface area contributed by atoms with Gasteiger partial charge in [-0.3, -0.25) is 19.7 Å². The third kappa shape index (κ3) is 4.12. The maximum absolute atomic E-state index is 12.1. The van der Waals surface area contributed by atoms with E-state index in [0.717, 1.165) is 17.0 Å². The summed E-state index contributed by atoms with van der Waals surface area (Å²) in [4.78, 5) is 33.3. The molecule has 8 nitrogen and oxygen atoms in total. The van der Waals surface area contributed by atoms with Crippen molar-refractivity contribution >= 4 is 28.8 Å². The molecule has 2 aromatic carbocycles. The minimum atomic E-state index is -0.613. The molecule has 0 saturated carbocycles. The molecule has 3 aromatic rings. The van der Waals surface area contributed by atoms with Crippen LogP contribution in [0.3, 0.4) is 0 Å². The number of hydrogen-bond acceptors (Lipinski definition) is 6. The molecule has 0 unspecified atom stereocenters. The number of rotatable bonds is 7. The minimum Gasteiger partial charge on any atom is -0.483 e. The van der Waals surface area contributed by atoms with Crippen molar-refractivity contribution in [1.82, 2.24) is 5.32 Å². The van der Waals surface area contributed by atoms with Crippen LogP contribution in [-0.4, -0.2) is 23.7 Å². The molecule has 0 aliphatic heterocycles. The first-order valence-electron chi connectivity index (χ1n) is 8.12. The Bertz CT molecular complexity index is 977. The number of carbonyl (C=O) groups excluding carboxylic acids is 2. The molecule has 0 spiro atoms. The van der Waals surface area contributed by atoms with Crippen LogP contribution >= 0.6 is 0 Å². The van der Waals surface area contributed by atoms with Gasteiger partial charge in [-0.1, -0.05) is 18.2 Å².